The number of carbonyl (C=O) groups excluding carboxylic acids is 1. The van der Waals surface area contributed by atoms with Crippen LogP contribution in [0.2, 0.25) is 5.02 Å². The van der Waals surface area contributed by atoms with E-state index in [1.807, 2.05) is 0 Å². The Morgan fingerprint density at radius 3 is 2.70 bits per heavy atom. The van der Waals surface area contributed by atoms with Gasteiger partial charge in [-0.05, 0) is 12.1 Å². The number of urea groups is 1. The number of hydrogen-bond acceptors (Lipinski definition) is 3. The van der Waals surface area contributed by atoms with Gasteiger partial charge in [-0.3, -0.25) is 0 Å². The van der Waals surface area contributed by atoms with Crippen LogP contribution in [0.3, 0.4) is 0 Å². The maximum Gasteiger partial charge on any atom is 0.339 e. The lowest BCUT2D eigenvalue weighted by Gasteiger charge is -2.21. The second kappa shape index (κ2) is 7.52. The Hall–Kier alpha value is -2.05. The molecular weight excluding hydrogens is 284 g/mol. The molecule has 1 rings (SSSR count). The predicted octanol–water partition coefficient (Wildman–Crippen LogP) is 2.05. The number of aliphatic hydroxyl groups is 1. The fourth-order valence-electron chi connectivity index (χ4n) is 1.59. The lowest BCUT2D eigenvalue weighted by molar-refractivity contribution is 0.0698. The van der Waals surface area contributed by atoms with Gasteiger partial charge in [0.2, 0.25) is 0 Å². The molecule has 0 saturated carbocycles. The van der Waals surface area contributed by atoms with E-state index in [0.29, 0.717) is 0 Å². The highest BCUT2D eigenvalue weighted by Crippen LogP contribution is 2.24. The SMILES string of the molecule is C=CCN(CCO)C(=O)Nc1cccc(Cl)c1C(=O)O. The topological polar surface area (TPSA) is 89.9 Å². The Kier molecular flexibility index (Phi) is 6.02. The number of halogens is 1. The van der Waals surface area contributed by atoms with Crippen molar-refractivity contribution in [1.82, 2.24) is 4.90 Å². The van der Waals surface area contributed by atoms with Gasteiger partial charge in [0.15, 0.2) is 0 Å². The minimum Gasteiger partial charge on any atom is -0.478 e. The van der Waals surface area contributed by atoms with Gasteiger partial charge < -0.3 is 20.4 Å². The summed E-state index contributed by atoms with van der Waals surface area (Å²) in [6, 6.07) is 3.87. The Labute approximate surface area is 121 Å². The maximum absolute atomic E-state index is 12.0. The van der Waals surface area contributed by atoms with Crippen molar-refractivity contribution in [3.63, 3.8) is 0 Å². The molecule has 0 radical (unpaired) electrons. The molecule has 1 aromatic carbocycles. The molecule has 3 N–H and O–H groups in total. The van der Waals surface area contributed by atoms with Gasteiger partial charge in [-0.15, -0.1) is 6.58 Å². The summed E-state index contributed by atoms with van der Waals surface area (Å²) in [4.78, 5) is 24.4. The Morgan fingerprint density at radius 1 is 1.45 bits per heavy atom. The molecule has 0 aliphatic rings. The molecule has 0 fully saturated rings. The number of anilines is 1. The van der Waals surface area contributed by atoms with E-state index in [-0.39, 0.29) is 36.0 Å². The first-order valence-corrected chi connectivity index (χ1v) is 6.18. The second-order valence-corrected chi connectivity index (χ2v) is 4.26. The molecule has 7 heteroatoms. The zero-order valence-corrected chi connectivity index (χ0v) is 11.4. The van der Waals surface area contributed by atoms with Crippen molar-refractivity contribution in [3.05, 3.63) is 41.4 Å². The predicted molar refractivity (Wildman–Crippen MR) is 76.3 cm³/mol. The number of benzene rings is 1. The van der Waals surface area contributed by atoms with Crippen LogP contribution in [0, 0.1) is 0 Å². The summed E-state index contributed by atoms with van der Waals surface area (Å²) in [6.07, 6.45) is 1.51. The molecule has 0 saturated heterocycles. The molecule has 0 aromatic heterocycles. The number of rotatable bonds is 6. The van der Waals surface area contributed by atoms with E-state index in [9.17, 15) is 9.59 Å². The summed E-state index contributed by atoms with van der Waals surface area (Å²) in [6.45, 7) is 3.65. The first kappa shape index (κ1) is 16.0. The van der Waals surface area contributed by atoms with E-state index in [1.54, 1.807) is 0 Å². The summed E-state index contributed by atoms with van der Waals surface area (Å²) in [5.74, 6) is -1.23. The molecule has 108 valence electrons. The first-order valence-electron chi connectivity index (χ1n) is 5.80. The third-order valence-electron chi connectivity index (χ3n) is 2.48. The van der Waals surface area contributed by atoms with E-state index in [4.69, 9.17) is 21.8 Å². The van der Waals surface area contributed by atoms with Crippen LogP contribution in [0.5, 0.6) is 0 Å². The number of carboxylic acids is 1. The number of nitrogens with zero attached hydrogens (tertiary/aromatic N) is 1. The maximum atomic E-state index is 12.0. The smallest absolute Gasteiger partial charge is 0.339 e. The normalized spacial score (nSPS) is 9.90. The van der Waals surface area contributed by atoms with Crippen molar-refractivity contribution in [2.75, 3.05) is 25.0 Å². The molecule has 20 heavy (non-hydrogen) atoms. The second-order valence-electron chi connectivity index (χ2n) is 3.86. The average Bonchev–Trinajstić information content (AvgIpc) is 2.38. The molecule has 2 amide bonds. The number of carboxylic acid groups (broad SMARTS) is 1. The van der Waals surface area contributed by atoms with Crippen molar-refractivity contribution in [2.24, 2.45) is 0 Å². The van der Waals surface area contributed by atoms with Crippen LogP contribution in [0.25, 0.3) is 0 Å². The summed E-state index contributed by atoms with van der Waals surface area (Å²) >= 11 is 5.81. The van der Waals surface area contributed by atoms with E-state index in [1.165, 1.54) is 29.2 Å². The van der Waals surface area contributed by atoms with Crippen LogP contribution in [0.1, 0.15) is 10.4 Å². The quantitative estimate of drug-likeness (QED) is 0.701. The van der Waals surface area contributed by atoms with Crippen molar-refractivity contribution in [1.29, 1.82) is 0 Å². The molecule has 0 unspecified atom stereocenters. The first-order chi connectivity index (χ1) is 9.51. The van der Waals surface area contributed by atoms with Crippen molar-refractivity contribution in [3.8, 4) is 0 Å². The van der Waals surface area contributed by atoms with Crippen LogP contribution in [-0.2, 0) is 0 Å². The van der Waals surface area contributed by atoms with Gasteiger partial charge in [0.25, 0.3) is 0 Å². The summed E-state index contributed by atoms with van der Waals surface area (Å²) < 4.78 is 0. The number of carbonyl (C=O) groups is 2. The van der Waals surface area contributed by atoms with E-state index in [0.717, 1.165) is 0 Å². The fourth-order valence-corrected chi connectivity index (χ4v) is 1.85. The zero-order chi connectivity index (χ0) is 15.1. The molecule has 1 aromatic rings. The highest BCUT2D eigenvalue weighted by Gasteiger charge is 2.18. The van der Waals surface area contributed by atoms with Crippen molar-refractivity contribution in [2.45, 2.75) is 0 Å². The lowest BCUT2D eigenvalue weighted by atomic mass is 10.2. The number of aromatic carboxylic acids is 1. The van der Waals surface area contributed by atoms with Crippen LogP contribution in [0.15, 0.2) is 30.9 Å². The van der Waals surface area contributed by atoms with Crippen molar-refractivity contribution < 1.29 is 19.8 Å². The monoisotopic (exact) mass is 298 g/mol. The molecule has 0 spiro atoms. The Balaban J connectivity index is 2.97. The molecule has 0 aliphatic heterocycles. The minimum absolute atomic E-state index is 0.0349. The standard InChI is InChI=1S/C13H15ClN2O4/c1-2-6-16(7-8-17)13(20)15-10-5-3-4-9(14)11(10)12(18)19/h2-5,17H,1,6-8H2,(H,15,20)(H,18,19). The van der Waals surface area contributed by atoms with Gasteiger partial charge in [0.1, 0.15) is 5.56 Å². The highest BCUT2D eigenvalue weighted by molar-refractivity contribution is 6.34. The van der Waals surface area contributed by atoms with E-state index < -0.39 is 12.0 Å². The third kappa shape index (κ3) is 3.97. The molecule has 0 heterocycles. The van der Waals surface area contributed by atoms with Crippen LogP contribution >= 0.6 is 11.6 Å². The minimum atomic E-state index is -1.23. The molecule has 0 bridgehead atoms. The van der Waals surface area contributed by atoms with Gasteiger partial charge in [-0.25, -0.2) is 9.59 Å². The van der Waals surface area contributed by atoms with Gasteiger partial charge in [-0.2, -0.15) is 0 Å². The Bertz CT molecular complexity index is 519. The van der Waals surface area contributed by atoms with Gasteiger partial charge in [-0.1, -0.05) is 23.7 Å². The van der Waals surface area contributed by atoms with Gasteiger partial charge in [0, 0.05) is 13.1 Å². The summed E-state index contributed by atoms with van der Waals surface area (Å²) in [5, 5.41) is 20.5. The van der Waals surface area contributed by atoms with Crippen LogP contribution < -0.4 is 5.32 Å². The summed E-state index contributed by atoms with van der Waals surface area (Å²) in [5.41, 5.74) is -0.0768. The number of nitrogens with one attached hydrogen (secondary N) is 1. The summed E-state index contributed by atoms with van der Waals surface area (Å²) in [7, 11) is 0. The lowest BCUT2D eigenvalue weighted by Crippen LogP contribution is -2.37. The van der Waals surface area contributed by atoms with E-state index >= 15 is 0 Å². The van der Waals surface area contributed by atoms with Crippen LogP contribution in [-0.4, -0.2) is 46.8 Å². The van der Waals surface area contributed by atoms with Crippen molar-refractivity contribution >= 4 is 29.3 Å². The van der Waals surface area contributed by atoms with Gasteiger partial charge in [0.05, 0.1) is 17.3 Å². The number of hydrogen-bond donors (Lipinski definition) is 3. The largest absolute Gasteiger partial charge is 0.478 e. The fraction of sp³-hybridized carbons (Fsp3) is 0.231. The Morgan fingerprint density at radius 2 is 2.15 bits per heavy atom. The zero-order valence-electron chi connectivity index (χ0n) is 10.7. The molecular formula is C13H15ClN2O4. The third-order valence-corrected chi connectivity index (χ3v) is 2.79. The number of amides is 2. The van der Waals surface area contributed by atoms with E-state index in [2.05, 4.69) is 11.9 Å². The van der Waals surface area contributed by atoms with Gasteiger partial charge >= 0.3 is 12.0 Å². The molecule has 6 nitrogen and oxygen atoms in total. The molecule has 0 atom stereocenters. The molecule has 0 aliphatic carbocycles. The number of aliphatic hydroxyl groups excluding tert-OH is 1. The average molecular weight is 299 g/mol. The highest BCUT2D eigenvalue weighted by atomic mass is 35.5. The van der Waals surface area contributed by atoms with Crippen LogP contribution in [0.4, 0.5) is 10.5 Å².